The van der Waals surface area contributed by atoms with E-state index in [-0.39, 0.29) is 11.4 Å². The summed E-state index contributed by atoms with van der Waals surface area (Å²) < 4.78 is 31.6. The molecule has 140 valence electrons. The van der Waals surface area contributed by atoms with Crippen molar-refractivity contribution in [2.24, 2.45) is 0 Å². The van der Waals surface area contributed by atoms with Crippen molar-refractivity contribution in [3.63, 3.8) is 0 Å². The molecule has 2 rings (SSSR count). The number of benzene rings is 2. The number of likely N-dealkylation sites (N-methyl/N-ethyl adjacent to an activating group) is 1. The molecule has 2 aromatic rings. The first-order valence-corrected chi connectivity index (χ1v) is 10.7. The summed E-state index contributed by atoms with van der Waals surface area (Å²) in [6.07, 6.45) is 1.92. The van der Waals surface area contributed by atoms with Gasteiger partial charge in [0.15, 0.2) is 0 Å². The predicted octanol–water partition coefficient (Wildman–Crippen LogP) is 3.07. The van der Waals surface area contributed by atoms with Crippen LogP contribution in [0.4, 0.5) is 5.69 Å². The Hall–Kier alpha value is -2.03. The van der Waals surface area contributed by atoms with Crippen molar-refractivity contribution in [1.82, 2.24) is 4.31 Å². The lowest BCUT2D eigenvalue weighted by Crippen LogP contribution is -2.34. The highest BCUT2D eigenvalue weighted by molar-refractivity contribution is 7.98. The zero-order valence-corrected chi connectivity index (χ0v) is 16.6. The fourth-order valence-corrected chi connectivity index (χ4v) is 3.78. The molecule has 0 aliphatic rings. The normalized spacial score (nSPS) is 11.4. The van der Waals surface area contributed by atoms with Crippen LogP contribution in [0.2, 0.25) is 0 Å². The molecule has 0 bridgehead atoms. The van der Waals surface area contributed by atoms with Gasteiger partial charge in [-0.2, -0.15) is 4.31 Å². The Balaban J connectivity index is 2.04. The molecule has 0 aliphatic heterocycles. The molecule has 0 aromatic heterocycles. The Morgan fingerprint density at radius 3 is 2.50 bits per heavy atom. The zero-order chi connectivity index (χ0) is 19.2. The lowest BCUT2D eigenvalue weighted by atomic mass is 10.3. The van der Waals surface area contributed by atoms with Gasteiger partial charge in [0.2, 0.25) is 15.9 Å². The van der Waals surface area contributed by atoms with Gasteiger partial charge < -0.3 is 10.1 Å². The number of nitrogens with zero attached hydrogens (tertiary/aromatic N) is 1. The maximum atomic E-state index is 12.6. The van der Waals surface area contributed by atoms with Crippen molar-refractivity contribution >= 4 is 33.4 Å². The average Bonchev–Trinajstić information content (AvgIpc) is 2.62. The molecule has 0 saturated carbocycles. The molecule has 6 nitrogen and oxygen atoms in total. The fraction of sp³-hybridized carbons (Fsp3) is 0.278. The molecule has 0 aliphatic carbocycles. The Labute approximate surface area is 158 Å². The molecule has 0 atom stereocenters. The van der Waals surface area contributed by atoms with Crippen LogP contribution < -0.4 is 10.1 Å². The van der Waals surface area contributed by atoms with Gasteiger partial charge in [-0.25, -0.2) is 8.42 Å². The van der Waals surface area contributed by atoms with Crippen molar-refractivity contribution in [3.05, 3.63) is 48.5 Å². The molecular weight excluding hydrogens is 372 g/mol. The number of thioether (sulfide) groups is 1. The first kappa shape index (κ1) is 20.3. The Kier molecular flexibility index (Phi) is 7.07. The first-order chi connectivity index (χ1) is 12.4. The van der Waals surface area contributed by atoms with Gasteiger partial charge in [0, 0.05) is 23.7 Å². The molecule has 0 unspecified atom stereocenters. The summed E-state index contributed by atoms with van der Waals surface area (Å²) in [5.41, 5.74) is 0.552. The molecule has 0 heterocycles. The summed E-state index contributed by atoms with van der Waals surface area (Å²) in [5, 5.41) is 2.69. The summed E-state index contributed by atoms with van der Waals surface area (Å²) in [7, 11) is -2.35. The van der Waals surface area contributed by atoms with Crippen LogP contribution in [-0.2, 0) is 14.8 Å². The van der Waals surface area contributed by atoms with Crippen molar-refractivity contribution < 1.29 is 17.9 Å². The van der Waals surface area contributed by atoms with Crippen LogP contribution >= 0.6 is 11.8 Å². The maximum Gasteiger partial charge on any atom is 0.243 e. The van der Waals surface area contributed by atoms with E-state index in [1.165, 1.54) is 18.8 Å². The molecule has 2 aromatic carbocycles. The molecule has 26 heavy (non-hydrogen) atoms. The Bertz CT molecular complexity index is 852. The standard InChI is InChI=1S/C18H22N2O4S2/c1-4-24-15-7-5-6-14(12-15)19-18(21)13-20(2)26(22,23)17-10-8-16(25-3)9-11-17/h5-12H,4,13H2,1-3H3,(H,19,21). The van der Waals surface area contributed by atoms with Crippen LogP contribution in [0.3, 0.4) is 0 Å². The second kappa shape index (κ2) is 9.07. The minimum absolute atomic E-state index is 0.156. The lowest BCUT2D eigenvalue weighted by molar-refractivity contribution is -0.116. The number of hydrogen-bond acceptors (Lipinski definition) is 5. The number of rotatable bonds is 8. The fourth-order valence-electron chi connectivity index (χ4n) is 2.25. The summed E-state index contributed by atoms with van der Waals surface area (Å²) in [5.74, 6) is 0.214. The third kappa shape index (κ3) is 5.23. The van der Waals surface area contributed by atoms with Gasteiger partial charge in [-0.15, -0.1) is 11.8 Å². The third-order valence-electron chi connectivity index (χ3n) is 3.56. The van der Waals surface area contributed by atoms with E-state index in [0.717, 1.165) is 9.20 Å². The van der Waals surface area contributed by atoms with Crippen LogP contribution in [0.5, 0.6) is 5.75 Å². The molecule has 0 radical (unpaired) electrons. The number of carbonyl (C=O) groups is 1. The Morgan fingerprint density at radius 1 is 1.19 bits per heavy atom. The molecule has 0 spiro atoms. The van der Waals surface area contributed by atoms with Gasteiger partial charge in [-0.1, -0.05) is 6.07 Å². The first-order valence-electron chi connectivity index (χ1n) is 8.00. The predicted molar refractivity (Wildman–Crippen MR) is 104 cm³/mol. The number of amides is 1. The van der Waals surface area contributed by atoms with Crippen molar-refractivity contribution in [2.75, 3.05) is 31.8 Å². The largest absolute Gasteiger partial charge is 0.494 e. The zero-order valence-electron chi connectivity index (χ0n) is 14.9. The van der Waals surface area contributed by atoms with Crippen LogP contribution in [0.15, 0.2) is 58.3 Å². The van der Waals surface area contributed by atoms with E-state index in [0.29, 0.717) is 18.0 Å². The van der Waals surface area contributed by atoms with Crippen molar-refractivity contribution in [2.45, 2.75) is 16.7 Å². The van der Waals surface area contributed by atoms with Gasteiger partial charge in [0.1, 0.15) is 5.75 Å². The molecule has 1 N–H and O–H groups in total. The van der Waals surface area contributed by atoms with E-state index in [1.54, 1.807) is 48.5 Å². The minimum atomic E-state index is -3.73. The molecule has 8 heteroatoms. The lowest BCUT2D eigenvalue weighted by Gasteiger charge is -2.17. The second-order valence-electron chi connectivity index (χ2n) is 5.45. The number of ether oxygens (including phenoxy) is 1. The minimum Gasteiger partial charge on any atom is -0.494 e. The highest BCUT2D eigenvalue weighted by Crippen LogP contribution is 2.20. The van der Waals surface area contributed by atoms with Gasteiger partial charge in [-0.05, 0) is 49.6 Å². The topological polar surface area (TPSA) is 75.7 Å². The number of hydrogen-bond donors (Lipinski definition) is 1. The number of anilines is 1. The summed E-state index contributed by atoms with van der Waals surface area (Å²) in [6.45, 7) is 2.11. The smallest absolute Gasteiger partial charge is 0.243 e. The van der Waals surface area contributed by atoms with E-state index >= 15 is 0 Å². The van der Waals surface area contributed by atoms with Gasteiger partial charge >= 0.3 is 0 Å². The van der Waals surface area contributed by atoms with E-state index < -0.39 is 15.9 Å². The van der Waals surface area contributed by atoms with Crippen LogP contribution in [0.1, 0.15) is 6.92 Å². The van der Waals surface area contributed by atoms with Crippen molar-refractivity contribution in [1.29, 1.82) is 0 Å². The molecule has 0 saturated heterocycles. The molecular formula is C18H22N2O4S2. The van der Waals surface area contributed by atoms with Crippen LogP contribution in [0, 0.1) is 0 Å². The summed E-state index contributed by atoms with van der Waals surface area (Å²) in [4.78, 5) is 13.3. The number of nitrogens with one attached hydrogen (secondary N) is 1. The third-order valence-corrected chi connectivity index (χ3v) is 6.12. The van der Waals surface area contributed by atoms with Gasteiger partial charge in [0.05, 0.1) is 18.0 Å². The highest BCUT2D eigenvalue weighted by Gasteiger charge is 2.23. The number of sulfonamides is 1. The SMILES string of the molecule is CCOc1cccc(NC(=O)CN(C)S(=O)(=O)c2ccc(SC)cc2)c1. The Morgan fingerprint density at radius 2 is 1.88 bits per heavy atom. The van der Waals surface area contributed by atoms with Crippen LogP contribution in [0.25, 0.3) is 0 Å². The highest BCUT2D eigenvalue weighted by atomic mass is 32.2. The monoisotopic (exact) mass is 394 g/mol. The quantitative estimate of drug-likeness (QED) is 0.697. The summed E-state index contributed by atoms with van der Waals surface area (Å²) in [6, 6.07) is 13.5. The molecule has 0 fully saturated rings. The van der Waals surface area contributed by atoms with Crippen molar-refractivity contribution in [3.8, 4) is 5.75 Å². The maximum absolute atomic E-state index is 12.6. The van der Waals surface area contributed by atoms with E-state index in [4.69, 9.17) is 4.74 Å². The van der Waals surface area contributed by atoms with Gasteiger partial charge in [0.25, 0.3) is 0 Å². The van der Waals surface area contributed by atoms with E-state index in [1.807, 2.05) is 13.2 Å². The van der Waals surface area contributed by atoms with E-state index in [9.17, 15) is 13.2 Å². The second-order valence-corrected chi connectivity index (χ2v) is 8.37. The average molecular weight is 395 g/mol. The number of carbonyl (C=O) groups excluding carboxylic acids is 1. The van der Waals surface area contributed by atoms with Gasteiger partial charge in [-0.3, -0.25) is 4.79 Å². The molecule has 1 amide bonds. The van der Waals surface area contributed by atoms with Crippen LogP contribution in [-0.4, -0.2) is 45.1 Å². The summed E-state index contributed by atoms with van der Waals surface area (Å²) >= 11 is 1.53. The van der Waals surface area contributed by atoms with E-state index in [2.05, 4.69) is 5.32 Å².